The summed E-state index contributed by atoms with van der Waals surface area (Å²) < 4.78 is 0.812. The van der Waals surface area contributed by atoms with Crippen molar-refractivity contribution < 1.29 is 4.79 Å². The van der Waals surface area contributed by atoms with Gasteiger partial charge in [-0.25, -0.2) is 0 Å². The Labute approximate surface area is 112 Å². The van der Waals surface area contributed by atoms with E-state index in [2.05, 4.69) is 21.2 Å². The summed E-state index contributed by atoms with van der Waals surface area (Å²) in [5.74, 6) is 0.326. The fourth-order valence-electron chi connectivity index (χ4n) is 1.51. The zero-order valence-corrected chi connectivity index (χ0v) is 11.6. The number of amides is 1. The third kappa shape index (κ3) is 2.61. The first-order valence-electron chi connectivity index (χ1n) is 4.92. The molecule has 1 aliphatic rings. The number of hydrogen-bond donors (Lipinski definition) is 2. The van der Waals surface area contributed by atoms with Crippen molar-refractivity contribution in [3.8, 4) is 0 Å². The van der Waals surface area contributed by atoms with E-state index in [0.717, 1.165) is 17.3 Å². The quantitative estimate of drug-likeness (QED) is 0.838. The van der Waals surface area contributed by atoms with Gasteiger partial charge in [-0.3, -0.25) is 4.79 Å². The first-order chi connectivity index (χ1) is 7.59. The molecule has 1 aliphatic carbocycles. The normalized spacial score (nSPS) is 16.8. The summed E-state index contributed by atoms with van der Waals surface area (Å²) >= 11 is 9.70. The zero-order valence-electron chi connectivity index (χ0n) is 8.40. The number of nitrogens with two attached hydrogens (primary N) is 1. The third-order valence-corrected chi connectivity index (χ3v) is 4.60. The number of carbonyl (C=O) groups excluding carboxylic acids is 1. The third-order valence-electron chi connectivity index (χ3n) is 2.51. The Balaban J connectivity index is 2.06. The molecule has 0 aromatic carbocycles. The minimum Gasteiger partial charge on any atom is -0.392 e. The number of halogens is 1. The molecule has 6 heteroatoms. The van der Waals surface area contributed by atoms with Gasteiger partial charge in [-0.2, -0.15) is 0 Å². The lowest BCUT2D eigenvalue weighted by Crippen LogP contribution is -2.44. The van der Waals surface area contributed by atoms with Crippen LogP contribution in [0.4, 0.5) is 0 Å². The van der Waals surface area contributed by atoms with Gasteiger partial charge in [-0.1, -0.05) is 12.2 Å². The van der Waals surface area contributed by atoms with E-state index >= 15 is 0 Å². The molecule has 1 heterocycles. The number of carbonyl (C=O) groups is 1. The molecular weight excluding hydrogens is 308 g/mol. The van der Waals surface area contributed by atoms with Crippen molar-refractivity contribution in [2.24, 2.45) is 11.7 Å². The van der Waals surface area contributed by atoms with Crippen LogP contribution < -0.4 is 11.1 Å². The van der Waals surface area contributed by atoms with Crippen molar-refractivity contribution in [3.63, 3.8) is 0 Å². The van der Waals surface area contributed by atoms with Gasteiger partial charge in [0.1, 0.15) is 4.88 Å². The second-order valence-corrected chi connectivity index (χ2v) is 6.03. The van der Waals surface area contributed by atoms with Crippen LogP contribution in [0.15, 0.2) is 15.9 Å². The van der Waals surface area contributed by atoms with Crippen molar-refractivity contribution >= 4 is 50.4 Å². The molecule has 86 valence electrons. The van der Waals surface area contributed by atoms with Gasteiger partial charge in [0.15, 0.2) is 0 Å². The molecule has 1 aromatic rings. The van der Waals surface area contributed by atoms with E-state index in [1.165, 1.54) is 11.3 Å². The monoisotopic (exact) mass is 318 g/mol. The van der Waals surface area contributed by atoms with Crippen molar-refractivity contribution in [2.75, 3.05) is 0 Å². The maximum absolute atomic E-state index is 11.9. The lowest BCUT2D eigenvalue weighted by Gasteiger charge is -2.16. The van der Waals surface area contributed by atoms with E-state index < -0.39 is 0 Å². The zero-order chi connectivity index (χ0) is 11.7. The van der Waals surface area contributed by atoms with Crippen LogP contribution in [0.1, 0.15) is 22.5 Å². The second kappa shape index (κ2) is 4.81. The number of thiophene rings is 1. The number of hydrogen-bond acceptors (Lipinski definition) is 3. The standard InChI is InChI=1S/C10H11BrN2OS2/c11-6-3-4-16-8(6)10(14)13-7(9(12)15)5-1-2-5/h3-5,7H,1-2H2,(H2,12,15)(H,13,14). The molecule has 1 unspecified atom stereocenters. The number of thiocarbonyl (C=S) groups is 1. The van der Waals surface area contributed by atoms with E-state index in [0.29, 0.717) is 15.8 Å². The van der Waals surface area contributed by atoms with Crippen LogP contribution in [-0.2, 0) is 0 Å². The van der Waals surface area contributed by atoms with Crippen LogP contribution >= 0.6 is 39.5 Å². The summed E-state index contributed by atoms with van der Waals surface area (Å²) in [5, 5.41) is 4.76. The molecule has 3 nitrogen and oxygen atoms in total. The molecule has 1 atom stereocenters. The van der Waals surface area contributed by atoms with Gasteiger partial charge < -0.3 is 11.1 Å². The topological polar surface area (TPSA) is 55.1 Å². The second-order valence-electron chi connectivity index (χ2n) is 3.79. The highest BCUT2D eigenvalue weighted by Gasteiger charge is 2.34. The van der Waals surface area contributed by atoms with Gasteiger partial charge in [-0.05, 0) is 46.1 Å². The summed E-state index contributed by atoms with van der Waals surface area (Å²) in [5.41, 5.74) is 5.63. The van der Waals surface area contributed by atoms with Crippen molar-refractivity contribution in [3.05, 3.63) is 20.8 Å². The molecule has 0 saturated heterocycles. The Morgan fingerprint density at radius 1 is 1.69 bits per heavy atom. The Kier molecular flexibility index (Phi) is 3.61. The van der Waals surface area contributed by atoms with Gasteiger partial charge in [0.25, 0.3) is 5.91 Å². The average molecular weight is 319 g/mol. The van der Waals surface area contributed by atoms with E-state index in [1.54, 1.807) is 0 Å². The molecule has 0 spiro atoms. The van der Waals surface area contributed by atoms with E-state index in [9.17, 15) is 4.79 Å². The molecule has 16 heavy (non-hydrogen) atoms. The molecule has 1 saturated carbocycles. The number of rotatable bonds is 4. The van der Waals surface area contributed by atoms with E-state index in [-0.39, 0.29) is 11.9 Å². The molecule has 0 aliphatic heterocycles. The highest BCUT2D eigenvalue weighted by molar-refractivity contribution is 9.10. The summed E-state index contributed by atoms with van der Waals surface area (Å²) in [7, 11) is 0. The lowest BCUT2D eigenvalue weighted by atomic mass is 10.2. The molecule has 2 rings (SSSR count). The predicted octanol–water partition coefficient (Wildman–Crippen LogP) is 2.31. The largest absolute Gasteiger partial charge is 0.392 e. The number of nitrogens with one attached hydrogen (secondary N) is 1. The van der Waals surface area contributed by atoms with E-state index in [4.69, 9.17) is 18.0 Å². The molecule has 3 N–H and O–H groups in total. The minimum atomic E-state index is -0.156. The Bertz CT molecular complexity index is 428. The maximum atomic E-state index is 11.9. The summed E-state index contributed by atoms with van der Waals surface area (Å²) in [6.45, 7) is 0. The van der Waals surface area contributed by atoms with Crippen molar-refractivity contribution in [1.82, 2.24) is 5.32 Å². The van der Waals surface area contributed by atoms with Crippen LogP contribution in [0.5, 0.6) is 0 Å². The lowest BCUT2D eigenvalue weighted by molar-refractivity contribution is 0.0947. The SMILES string of the molecule is NC(=S)C(NC(=O)c1sccc1Br)C1CC1. The molecule has 0 bridgehead atoms. The fraction of sp³-hybridized carbons (Fsp3) is 0.400. The molecule has 0 radical (unpaired) electrons. The molecular formula is C10H11BrN2OS2. The Morgan fingerprint density at radius 3 is 2.81 bits per heavy atom. The van der Waals surface area contributed by atoms with Gasteiger partial charge >= 0.3 is 0 Å². The van der Waals surface area contributed by atoms with Crippen molar-refractivity contribution in [1.29, 1.82) is 0 Å². The highest BCUT2D eigenvalue weighted by atomic mass is 79.9. The minimum absolute atomic E-state index is 0.105. The average Bonchev–Trinajstić information content (AvgIpc) is 2.96. The van der Waals surface area contributed by atoms with Gasteiger partial charge in [0.2, 0.25) is 0 Å². The summed E-state index contributed by atoms with van der Waals surface area (Å²) in [4.78, 5) is 13.0. The first kappa shape index (κ1) is 12.0. The van der Waals surface area contributed by atoms with Crippen molar-refractivity contribution in [2.45, 2.75) is 18.9 Å². The molecule has 1 aromatic heterocycles. The smallest absolute Gasteiger partial charge is 0.263 e. The highest BCUT2D eigenvalue weighted by Crippen LogP contribution is 2.33. The van der Waals surface area contributed by atoms with Gasteiger partial charge in [0, 0.05) is 4.47 Å². The fourth-order valence-corrected chi connectivity index (χ4v) is 3.22. The van der Waals surface area contributed by atoms with Crippen LogP contribution in [-0.4, -0.2) is 16.9 Å². The molecule has 1 fully saturated rings. The Morgan fingerprint density at radius 2 is 2.38 bits per heavy atom. The maximum Gasteiger partial charge on any atom is 0.263 e. The van der Waals surface area contributed by atoms with Gasteiger partial charge in [0.05, 0.1) is 11.0 Å². The van der Waals surface area contributed by atoms with Crippen LogP contribution in [0, 0.1) is 5.92 Å². The van der Waals surface area contributed by atoms with Crippen LogP contribution in [0.25, 0.3) is 0 Å². The van der Waals surface area contributed by atoms with E-state index in [1.807, 2.05) is 11.4 Å². The Hall–Kier alpha value is -0.460. The summed E-state index contributed by atoms with van der Waals surface area (Å²) in [6.07, 6.45) is 2.18. The van der Waals surface area contributed by atoms with Crippen LogP contribution in [0.3, 0.4) is 0 Å². The molecule has 1 amide bonds. The summed E-state index contributed by atoms with van der Waals surface area (Å²) in [6, 6.07) is 1.70. The first-order valence-corrected chi connectivity index (χ1v) is 7.01. The predicted molar refractivity (Wildman–Crippen MR) is 72.8 cm³/mol. The van der Waals surface area contributed by atoms with Crippen LogP contribution in [0.2, 0.25) is 0 Å². The van der Waals surface area contributed by atoms with Gasteiger partial charge in [-0.15, -0.1) is 11.3 Å².